The van der Waals surface area contributed by atoms with Crippen molar-refractivity contribution in [3.8, 4) is 0 Å². The van der Waals surface area contributed by atoms with Crippen molar-refractivity contribution in [1.82, 2.24) is 5.32 Å². The number of allylic oxidation sites excluding steroid dienone is 1. The molecule has 0 bridgehead atoms. The fraction of sp³-hybridized carbons (Fsp3) is 0.846. The molecule has 35 heavy (non-hydrogen) atoms. The van der Waals surface area contributed by atoms with Crippen LogP contribution in [0.2, 0.25) is 0 Å². The predicted octanol–water partition coefficient (Wildman–Crippen LogP) is 4.25. The Morgan fingerprint density at radius 2 is 1.97 bits per heavy atom. The minimum atomic E-state index is -0.792. The lowest BCUT2D eigenvalue weighted by atomic mass is 9.68. The molecule has 1 spiro atoms. The molecule has 2 aliphatic heterocycles. The molecule has 2 heterocycles. The molecule has 8 nitrogen and oxygen atoms in total. The van der Waals surface area contributed by atoms with E-state index in [0.29, 0.717) is 25.2 Å². The number of amides is 1. The van der Waals surface area contributed by atoms with Gasteiger partial charge < -0.3 is 29.0 Å². The smallest absolute Gasteiger partial charge is 0.408 e. The van der Waals surface area contributed by atoms with Crippen molar-refractivity contribution in [1.29, 1.82) is 0 Å². The highest BCUT2D eigenvalue weighted by Crippen LogP contribution is 2.59. The van der Waals surface area contributed by atoms with Crippen LogP contribution in [0.3, 0.4) is 0 Å². The molecule has 1 aliphatic carbocycles. The van der Waals surface area contributed by atoms with E-state index in [1.165, 1.54) is 5.57 Å². The standard InChI is InChI=1S/C26H43NO7S/c1-16(2)9-10-19-25(6,33-19)21-20(30-7)18(11-13-26(21)15-31-26)32-22(28)17(12-14-35-8)27-23(29)34-24(3,4)5/h9,17-21H,10-15H2,1-8H3,(H,27,29)/t17?,18-,19-,20-,21-,25+,26+/m1/s1. The molecule has 2 saturated heterocycles. The summed E-state index contributed by atoms with van der Waals surface area (Å²) in [5.74, 6) is 0.183. The van der Waals surface area contributed by atoms with Gasteiger partial charge >= 0.3 is 12.1 Å². The molecule has 0 radical (unpaired) electrons. The number of hydrogen-bond acceptors (Lipinski definition) is 8. The molecule has 1 N–H and O–H groups in total. The number of thioether (sulfide) groups is 1. The summed E-state index contributed by atoms with van der Waals surface area (Å²) in [5.41, 5.74) is -0.0877. The molecule has 3 rings (SSSR count). The number of ether oxygens (including phenoxy) is 5. The normalized spacial score (nSPS) is 34.6. The lowest BCUT2D eigenvalue weighted by molar-refractivity contribution is -0.174. The first-order valence-corrected chi connectivity index (χ1v) is 13.9. The number of epoxide rings is 2. The van der Waals surface area contributed by atoms with Gasteiger partial charge in [-0.15, -0.1) is 0 Å². The van der Waals surface area contributed by atoms with Crippen molar-refractivity contribution < 1.29 is 33.3 Å². The van der Waals surface area contributed by atoms with Crippen LogP contribution in [0.4, 0.5) is 4.79 Å². The van der Waals surface area contributed by atoms with Crippen LogP contribution in [0.15, 0.2) is 11.6 Å². The quantitative estimate of drug-likeness (QED) is 0.263. The number of rotatable bonds is 10. The first-order valence-electron chi connectivity index (χ1n) is 12.5. The maximum atomic E-state index is 13.2. The van der Waals surface area contributed by atoms with Gasteiger partial charge in [-0.3, -0.25) is 0 Å². The first kappa shape index (κ1) is 28.3. The van der Waals surface area contributed by atoms with Crippen LogP contribution in [0.5, 0.6) is 0 Å². The maximum Gasteiger partial charge on any atom is 0.408 e. The Bertz CT molecular complexity index is 802. The highest BCUT2D eigenvalue weighted by Gasteiger charge is 2.72. The lowest BCUT2D eigenvalue weighted by Gasteiger charge is -2.43. The Kier molecular flexibility index (Phi) is 8.88. The number of alkyl carbamates (subject to hydrolysis) is 1. The molecule has 9 heteroatoms. The van der Waals surface area contributed by atoms with Crippen molar-refractivity contribution in [2.75, 3.05) is 25.7 Å². The average Bonchev–Trinajstić information content (AvgIpc) is 3.66. The van der Waals surface area contributed by atoms with Crippen molar-refractivity contribution in [2.24, 2.45) is 5.92 Å². The van der Waals surface area contributed by atoms with E-state index in [-0.39, 0.29) is 23.7 Å². The van der Waals surface area contributed by atoms with E-state index in [2.05, 4.69) is 32.2 Å². The second kappa shape index (κ2) is 11.0. The van der Waals surface area contributed by atoms with Gasteiger partial charge in [0.25, 0.3) is 0 Å². The molecule has 1 saturated carbocycles. The summed E-state index contributed by atoms with van der Waals surface area (Å²) >= 11 is 1.60. The third kappa shape index (κ3) is 6.93. The van der Waals surface area contributed by atoms with Crippen LogP contribution in [-0.2, 0) is 28.5 Å². The first-order chi connectivity index (χ1) is 16.3. The maximum absolute atomic E-state index is 13.2. The van der Waals surface area contributed by atoms with Crippen LogP contribution < -0.4 is 5.32 Å². The monoisotopic (exact) mass is 513 g/mol. The zero-order valence-corrected chi connectivity index (χ0v) is 23.3. The second-order valence-corrected chi connectivity index (χ2v) is 12.3. The number of nitrogens with one attached hydrogen (secondary N) is 1. The molecule has 0 aromatic rings. The fourth-order valence-electron chi connectivity index (χ4n) is 5.24. The summed E-state index contributed by atoms with van der Waals surface area (Å²) in [7, 11) is 1.65. The molecule has 0 aromatic heterocycles. The summed E-state index contributed by atoms with van der Waals surface area (Å²) in [6, 6.07) is -0.792. The van der Waals surface area contributed by atoms with Crippen LogP contribution in [0.25, 0.3) is 0 Å². The molecular weight excluding hydrogens is 470 g/mol. The van der Waals surface area contributed by atoms with Gasteiger partial charge in [-0.25, -0.2) is 9.59 Å². The van der Waals surface area contributed by atoms with E-state index in [4.69, 9.17) is 23.7 Å². The second-order valence-electron chi connectivity index (χ2n) is 11.3. The van der Waals surface area contributed by atoms with Crippen LogP contribution >= 0.6 is 11.8 Å². The van der Waals surface area contributed by atoms with Crippen LogP contribution in [0.1, 0.15) is 67.2 Å². The van der Waals surface area contributed by atoms with Crippen molar-refractivity contribution in [3.05, 3.63) is 11.6 Å². The highest BCUT2D eigenvalue weighted by atomic mass is 32.2. The average molecular weight is 514 g/mol. The molecule has 3 fully saturated rings. The van der Waals surface area contributed by atoms with Gasteiger partial charge in [0.1, 0.15) is 35.1 Å². The Balaban J connectivity index is 1.71. The van der Waals surface area contributed by atoms with Gasteiger partial charge in [0.2, 0.25) is 0 Å². The third-order valence-corrected chi connectivity index (χ3v) is 7.73. The van der Waals surface area contributed by atoms with E-state index in [0.717, 1.165) is 12.8 Å². The van der Waals surface area contributed by atoms with E-state index < -0.39 is 35.4 Å². The fourth-order valence-corrected chi connectivity index (χ4v) is 5.71. The number of esters is 1. The van der Waals surface area contributed by atoms with Gasteiger partial charge in [-0.2, -0.15) is 11.8 Å². The number of methoxy groups -OCH3 is 1. The number of carbonyl (C=O) groups is 2. The zero-order chi connectivity index (χ0) is 26.0. The van der Waals surface area contributed by atoms with E-state index in [1.807, 2.05) is 6.26 Å². The van der Waals surface area contributed by atoms with E-state index in [9.17, 15) is 9.59 Å². The summed E-state index contributed by atoms with van der Waals surface area (Å²) in [5, 5.41) is 2.70. The minimum absolute atomic E-state index is 0.0504. The van der Waals surface area contributed by atoms with Gasteiger partial charge in [0, 0.05) is 7.11 Å². The summed E-state index contributed by atoms with van der Waals surface area (Å²) < 4.78 is 29.6. The van der Waals surface area contributed by atoms with Crippen molar-refractivity contribution in [2.45, 2.75) is 108 Å². The molecule has 3 aliphatic rings. The van der Waals surface area contributed by atoms with Gasteiger partial charge in [0.15, 0.2) is 0 Å². The van der Waals surface area contributed by atoms with Crippen molar-refractivity contribution in [3.63, 3.8) is 0 Å². The molecule has 1 amide bonds. The predicted molar refractivity (Wildman–Crippen MR) is 136 cm³/mol. The number of hydrogen-bond donors (Lipinski definition) is 1. The van der Waals surface area contributed by atoms with Crippen molar-refractivity contribution >= 4 is 23.8 Å². The molecule has 7 atom stereocenters. The molecule has 200 valence electrons. The van der Waals surface area contributed by atoms with Gasteiger partial charge in [-0.05, 0) is 79.2 Å². The lowest BCUT2D eigenvalue weighted by Crippen LogP contribution is -2.56. The molecule has 1 unspecified atom stereocenters. The number of carbonyl (C=O) groups excluding carboxylic acids is 2. The molecular formula is C26H43NO7S. The van der Waals surface area contributed by atoms with Gasteiger partial charge in [0.05, 0.1) is 18.6 Å². The Hall–Kier alpha value is -1.29. The Morgan fingerprint density at radius 3 is 2.51 bits per heavy atom. The topological polar surface area (TPSA) is 98.9 Å². The Morgan fingerprint density at radius 1 is 1.29 bits per heavy atom. The van der Waals surface area contributed by atoms with Crippen LogP contribution in [0, 0.1) is 5.92 Å². The molecule has 0 aromatic carbocycles. The zero-order valence-electron chi connectivity index (χ0n) is 22.5. The summed E-state index contributed by atoms with van der Waals surface area (Å²) in [6.07, 6.45) is 5.49. The van der Waals surface area contributed by atoms with Crippen LogP contribution in [-0.4, -0.2) is 78.9 Å². The van der Waals surface area contributed by atoms with E-state index in [1.54, 1.807) is 39.6 Å². The summed E-state index contributed by atoms with van der Waals surface area (Å²) in [6.45, 7) is 12.3. The summed E-state index contributed by atoms with van der Waals surface area (Å²) in [4.78, 5) is 25.6. The Labute approximate surface area is 214 Å². The van der Waals surface area contributed by atoms with Gasteiger partial charge in [-0.1, -0.05) is 11.6 Å². The highest BCUT2D eigenvalue weighted by molar-refractivity contribution is 7.98. The largest absolute Gasteiger partial charge is 0.458 e. The third-order valence-electron chi connectivity index (χ3n) is 7.09. The SMILES string of the molecule is CO[C@@H]1[C@H](OC(=O)C(CCSC)NC(=O)OC(C)(C)C)CC[C@]2(CO2)[C@H]1[C@@]1(C)O[C@@H]1CC=C(C)C. The van der Waals surface area contributed by atoms with E-state index >= 15 is 0 Å². The minimum Gasteiger partial charge on any atom is -0.458 e.